The number of carbonyl (C=O) groups is 3. The van der Waals surface area contributed by atoms with Gasteiger partial charge in [0.2, 0.25) is 17.7 Å². The zero-order valence-electron chi connectivity index (χ0n) is 16.1. The van der Waals surface area contributed by atoms with Crippen LogP contribution in [0.1, 0.15) is 47.5 Å². The lowest BCUT2D eigenvalue weighted by Crippen LogP contribution is -2.62. The fourth-order valence-corrected chi connectivity index (χ4v) is 3.68. The number of rotatable bonds is 5. The molecule has 142 valence electrons. The van der Waals surface area contributed by atoms with Gasteiger partial charge < -0.3 is 15.5 Å². The van der Waals surface area contributed by atoms with Crippen molar-refractivity contribution in [1.82, 2.24) is 20.4 Å². The maximum absolute atomic E-state index is 13.0. The van der Waals surface area contributed by atoms with Gasteiger partial charge in [0, 0.05) is 45.6 Å². The van der Waals surface area contributed by atoms with Gasteiger partial charge in [0.15, 0.2) is 0 Å². The zero-order chi connectivity index (χ0) is 18.8. The Morgan fingerprint density at radius 1 is 1.16 bits per heavy atom. The van der Waals surface area contributed by atoms with Crippen LogP contribution in [0.3, 0.4) is 0 Å². The fourth-order valence-electron chi connectivity index (χ4n) is 3.68. The summed E-state index contributed by atoms with van der Waals surface area (Å²) in [7, 11) is 0. The molecule has 0 bridgehead atoms. The molecule has 0 aliphatic carbocycles. The topological polar surface area (TPSA) is 81.8 Å². The molecule has 2 rings (SSSR count). The van der Waals surface area contributed by atoms with Crippen LogP contribution >= 0.6 is 0 Å². The largest absolute Gasteiger partial charge is 0.354 e. The van der Waals surface area contributed by atoms with E-state index in [-0.39, 0.29) is 41.3 Å². The van der Waals surface area contributed by atoms with Gasteiger partial charge in [0.25, 0.3) is 0 Å². The summed E-state index contributed by atoms with van der Waals surface area (Å²) >= 11 is 0. The van der Waals surface area contributed by atoms with E-state index >= 15 is 0 Å². The number of nitrogens with one attached hydrogen (secondary N) is 2. The molecule has 2 aliphatic rings. The fraction of sp³-hybridized carbons (Fsp3) is 0.833. The van der Waals surface area contributed by atoms with Crippen molar-refractivity contribution in [3.63, 3.8) is 0 Å². The summed E-state index contributed by atoms with van der Waals surface area (Å²) in [5.74, 6) is -0.119. The number of hydrogen-bond acceptors (Lipinski definition) is 4. The second kappa shape index (κ2) is 7.72. The van der Waals surface area contributed by atoms with Crippen molar-refractivity contribution < 1.29 is 14.4 Å². The predicted molar refractivity (Wildman–Crippen MR) is 95.8 cm³/mol. The summed E-state index contributed by atoms with van der Waals surface area (Å²) in [5.41, 5.74) is 0.188. The first-order valence-electron chi connectivity index (χ1n) is 9.13. The third-order valence-electron chi connectivity index (χ3n) is 4.97. The van der Waals surface area contributed by atoms with Gasteiger partial charge in [-0.25, -0.2) is 0 Å². The molecule has 7 heteroatoms. The number of fused-ring (bicyclic) bond motifs is 1. The Bertz CT molecular complexity index is 529. The first-order chi connectivity index (χ1) is 11.6. The maximum Gasteiger partial charge on any atom is 0.242 e. The first kappa shape index (κ1) is 19.7. The normalized spacial score (nSPS) is 27.2. The van der Waals surface area contributed by atoms with Crippen LogP contribution < -0.4 is 10.6 Å². The monoisotopic (exact) mass is 352 g/mol. The highest BCUT2D eigenvalue weighted by Gasteiger charge is 2.45. The lowest BCUT2D eigenvalue weighted by molar-refractivity contribution is -0.144. The van der Waals surface area contributed by atoms with Crippen LogP contribution in [0.5, 0.6) is 0 Å². The van der Waals surface area contributed by atoms with Crippen molar-refractivity contribution in [3.8, 4) is 0 Å². The summed E-state index contributed by atoms with van der Waals surface area (Å²) in [6.45, 7) is 12.1. The van der Waals surface area contributed by atoms with Gasteiger partial charge in [-0.1, -0.05) is 20.8 Å². The molecule has 0 spiro atoms. The molecule has 25 heavy (non-hydrogen) atoms. The highest BCUT2D eigenvalue weighted by Crippen LogP contribution is 2.28. The number of amides is 3. The molecular formula is C18H32N4O3. The van der Waals surface area contributed by atoms with Crippen molar-refractivity contribution >= 4 is 17.7 Å². The molecule has 2 N–H and O–H groups in total. The lowest BCUT2D eigenvalue weighted by Gasteiger charge is -2.43. The van der Waals surface area contributed by atoms with E-state index < -0.39 is 0 Å². The van der Waals surface area contributed by atoms with Crippen molar-refractivity contribution in [1.29, 1.82) is 0 Å². The standard InChI is InChI=1S/C18H32N4O3/c1-12(23)19-9-16-17(25)22-10-14(20-13(2)24)8-15(22)11-21(16)7-6-18(3,4)5/h14-16H,6-11H2,1-5H3,(H,19,23)(H,20,24)/t14-,15-,16-/m0/s1. The molecule has 7 nitrogen and oxygen atoms in total. The first-order valence-corrected chi connectivity index (χ1v) is 9.13. The SMILES string of the molecule is CC(=O)NC[C@H]1C(=O)N2C[C@@H](NC(C)=O)C[C@H]2CN1CCC(C)(C)C. The summed E-state index contributed by atoms with van der Waals surface area (Å²) in [5, 5.41) is 5.73. The summed E-state index contributed by atoms with van der Waals surface area (Å²) in [6, 6.07) is -0.160. The Balaban J connectivity index is 2.09. The number of piperazine rings is 1. The average Bonchev–Trinajstić information content (AvgIpc) is 2.85. The summed E-state index contributed by atoms with van der Waals surface area (Å²) < 4.78 is 0. The van der Waals surface area contributed by atoms with Gasteiger partial charge in [0.05, 0.1) is 0 Å². The third-order valence-corrected chi connectivity index (χ3v) is 4.97. The van der Waals surface area contributed by atoms with Gasteiger partial charge in [-0.3, -0.25) is 19.3 Å². The quantitative estimate of drug-likeness (QED) is 0.748. The molecule has 2 heterocycles. The van der Waals surface area contributed by atoms with E-state index in [1.54, 1.807) is 0 Å². The van der Waals surface area contributed by atoms with Gasteiger partial charge >= 0.3 is 0 Å². The van der Waals surface area contributed by atoms with Gasteiger partial charge in [-0.15, -0.1) is 0 Å². The summed E-state index contributed by atoms with van der Waals surface area (Å²) in [4.78, 5) is 39.8. The molecule has 2 saturated heterocycles. The van der Waals surface area contributed by atoms with Crippen LogP contribution in [0.4, 0.5) is 0 Å². The van der Waals surface area contributed by atoms with Crippen LogP contribution in [-0.2, 0) is 14.4 Å². The van der Waals surface area contributed by atoms with E-state index in [0.717, 1.165) is 25.9 Å². The van der Waals surface area contributed by atoms with Crippen molar-refractivity contribution in [2.24, 2.45) is 5.41 Å². The minimum Gasteiger partial charge on any atom is -0.354 e. The van der Waals surface area contributed by atoms with Crippen molar-refractivity contribution in [3.05, 3.63) is 0 Å². The Labute approximate surface area is 150 Å². The van der Waals surface area contributed by atoms with Crippen molar-refractivity contribution in [2.75, 3.05) is 26.2 Å². The summed E-state index contributed by atoms with van der Waals surface area (Å²) in [6.07, 6.45) is 1.78. The van der Waals surface area contributed by atoms with Gasteiger partial charge in [0.1, 0.15) is 6.04 Å². The average molecular weight is 352 g/mol. The molecule has 0 aromatic rings. The Kier molecular flexibility index (Phi) is 6.08. The maximum atomic E-state index is 13.0. The predicted octanol–water partition coefficient (Wildman–Crippen LogP) is 0.349. The Morgan fingerprint density at radius 2 is 1.84 bits per heavy atom. The van der Waals surface area contributed by atoms with E-state index in [0.29, 0.717) is 13.1 Å². The van der Waals surface area contributed by atoms with Crippen LogP contribution in [0.15, 0.2) is 0 Å². The highest BCUT2D eigenvalue weighted by atomic mass is 16.2. The lowest BCUT2D eigenvalue weighted by atomic mass is 9.91. The molecule has 3 amide bonds. The molecule has 0 unspecified atom stereocenters. The zero-order valence-corrected chi connectivity index (χ0v) is 16.1. The second-order valence-electron chi connectivity index (χ2n) is 8.54. The van der Waals surface area contributed by atoms with E-state index in [4.69, 9.17) is 0 Å². The van der Waals surface area contributed by atoms with Crippen LogP contribution in [0.25, 0.3) is 0 Å². The molecule has 0 aromatic carbocycles. The molecule has 2 fully saturated rings. The van der Waals surface area contributed by atoms with E-state index in [1.165, 1.54) is 13.8 Å². The van der Waals surface area contributed by atoms with Crippen molar-refractivity contribution in [2.45, 2.75) is 65.6 Å². The minimum atomic E-state index is -0.321. The molecule has 0 radical (unpaired) electrons. The van der Waals surface area contributed by atoms with Crippen LogP contribution in [-0.4, -0.2) is 71.8 Å². The van der Waals surface area contributed by atoms with Crippen LogP contribution in [0, 0.1) is 5.41 Å². The van der Waals surface area contributed by atoms with Gasteiger partial charge in [-0.05, 0) is 24.8 Å². The number of hydrogen-bond donors (Lipinski definition) is 2. The molecule has 0 saturated carbocycles. The molecule has 3 atom stereocenters. The highest BCUT2D eigenvalue weighted by molar-refractivity contribution is 5.85. The Morgan fingerprint density at radius 3 is 2.40 bits per heavy atom. The van der Waals surface area contributed by atoms with E-state index in [2.05, 4.69) is 36.3 Å². The number of nitrogens with zero attached hydrogens (tertiary/aromatic N) is 2. The minimum absolute atomic E-state index is 0.0235. The third kappa shape index (κ3) is 5.42. The Hall–Kier alpha value is -1.63. The molecule has 0 aromatic heterocycles. The smallest absolute Gasteiger partial charge is 0.242 e. The molecular weight excluding hydrogens is 320 g/mol. The second-order valence-corrected chi connectivity index (χ2v) is 8.54. The molecule has 2 aliphatic heterocycles. The van der Waals surface area contributed by atoms with Gasteiger partial charge in [-0.2, -0.15) is 0 Å². The number of carbonyl (C=O) groups excluding carboxylic acids is 3. The van der Waals surface area contributed by atoms with Crippen LogP contribution in [0.2, 0.25) is 0 Å². The van der Waals surface area contributed by atoms with E-state index in [1.807, 2.05) is 4.90 Å². The van der Waals surface area contributed by atoms with E-state index in [9.17, 15) is 14.4 Å².